The summed E-state index contributed by atoms with van der Waals surface area (Å²) in [5, 5.41) is 3.89. The van der Waals surface area contributed by atoms with E-state index in [0.717, 1.165) is 24.2 Å². The van der Waals surface area contributed by atoms with Gasteiger partial charge in [-0.25, -0.2) is 0 Å². The molecule has 0 saturated carbocycles. The maximum Gasteiger partial charge on any atom is 0.144 e. The van der Waals surface area contributed by atoms with Crippen LogP contribution in [0.4, 0.5) is 0 Å². The fourth-order valence-electron chi connectivity index (χ4n) is 5.34. The van der Waals surface area contributed by atoms with Crippen LogP contribution in [0.25, 0.3) is 38.9 Å². The van der Waals surface area contributed by atoms with Crippen molar-refractivity contribution in [1.82, 2.24) is 4.57 Å². The number of allylic oxidation sites excluding steroid dienone is 5. The Bertz CT molecular complexity index is 1390. The first-order chi connectivity index (χ1) is 13.3. The van der Waals surface area contributed by atoms with Crippen molar-refractivity contribution in [2.75, 3.05) is 0 Å². The lowest BCUT2D eigenvalue weighted by atomic mass is 9.88. The van der Waals surface area contributed by atoms with Crippen molar-refractivity contribution >= 4 is 61.4 Å². The molecule has 7 rings (SSSR count). The molecule has 2 aromatic carbocycles. The highest BCUT2D eigenvalue weighted by molar-refractivity contribution is 14.1. The Labute approximate surface area is 170 Å². The Morgan fingerprint density at radius 1 is 1.11 bits per heavy atom. The standard InChI is InChI=1S/C24H16INO/c25-13-9-10-20-16(11-13)17-12-18-14-5-2-4-8-21(14)27-24(18)22-15-6-1-3-7-19(15)26(20)23(17)22/h1-3,5-7,9-12,16,20H,4,8H2. The number of aryl methyl sites for hydroxylation is 1. The molecule has 0 fully saturated rings. The molecule has 0 saturated heterocycles. The van der Waals surface area contributed by atoms with Crippen molar-refractivity contribution in [3.05, 3.63) is 75.1 Å². The van der Waals surface area contributed by atoms with E-state index < -0.39 is 0 Å². The number of hydrogen-bond acceptors (Lipinski definition) is 1. The van der Waals surface area contributed by atoms with Crippen LogP contribution in [0.15, 0.2) is 62.6 Å². The van der Waals surface area contributed by atoms with E-state index in [9.17, 15) is 0 Å². The predicted octanol–water partition coefficient (Wildman–Crippen LogP) is 7.03. The molecule has 2 unspecified atom stereocenters. The summed E-state index contributed by atoms with van der Waals surface area (Å²) < 4.78 is 10.3. The van der Waals surface area contributed by atoms with E-state index in [4.69, 9.17) is 4.42 Å². The van der Waals surface area contributed by atoms with Gasteiger partial charge in [-0.05, 0) is 46.7 Å². The van der Waals surface area contributed by atoms with Crippen LogP contribution in [-0.4, -0.2) is 4.57 Å². The summed E-state index contributed by atoms with van der Waals surface area (Å²) in [4.78, 5) is 0. The molecular weight excluding hydrogens is 445 g/mol. The van der Waals surface area contributed by atoms with Gasteiger partial charge in [-0.3, -0.25) is 0 Å². The van der Waals surface area contributed by atoms with Gasteiger partial charge in [-0.15, -0.1) is 0 Å². The average molecular weight is 461 g/mol. The zero-order chi connectivity index (χ0) is 17.7. The molecule has 2 nitrogen and oxygen atoms in total. The summed E-state index contributed by atoms with van der Waals surface area (Å²) in [6.45, 7) is 0. The van der Waals surface area contributed by atoms with Crippen LogP contribution in [0.3, 0.4) is 0 Å². The summed E-state index contributed by atoms with van der Waals surface area (Å²) >= 11 is 2.44. The van der Waals surface area contributed by atoms with E-state index >= 15 is 0 Å². The van der Waals surface area contributed by atoms with Crippen molar-refractivity contribution in [3.63, 3.8) is 0 Å². The Kier molecular flexibility index (Phi) is 2.71. The van der Waals surface area contributed by atoms with E-state index in [1.165, 1.54) is 41.9 Å². The first-order valence-corrected chi connectivity index (χ1v) is 10.6. The van der Waals surface area contributed by atoms with Crippen molar-refractivity contribution in [1.29, 1.82) is 0 Å². The molecule has 130 valence electrons. The van der Waals surface area contributed by atoms with Gasteiger partial charge in [0.2, 0.25) is 0 Å². The lowest BCUT2D eigenvalue weighted by molar-refractivity contribution is 0.549. The minimum Gasteiger partial charge on any atom is -0.460 e. The largest absolute Gasteiger partial charge is 0.460 e. The normalized spacial score (nSPS) is 22.6. The van der Waals surface area contributed by atoms with E-state index in [1.54, 1.807) is 0 Å². The number of furan rings is 1. The highest BCUT2D eigenvalue weighted by Gasteiger charge is 2.37. The molecule has 0 N–H and O–H groups in total. The third-order valence-corrected chi connectivity index (χ3v) is 7.13. The molecule has 3 heteroatoms. The Morgan fingerprint density at radius 3 is 3.00 bits per heavy atom. The SMILES string of the molecule is IC1=CC2c3cc4c5c(oc4c4c6ccccc6n(c34)C2C=C1)CCC=C5. The number of fused-ring (bicyclic) bond motifs is 10. The Hall–Kier alpha value is -2.27. The van der Waals surface area contributed by atoms with E-state index in [1.807, 2.05) is 0 Å². The first kappa shape index (κ1) is 14.7. The van der Waals surface area contributed by atoms with E-state index in [0.29, 0.717) is 12.0 Å². The molecule has 27 heavy (non-hydrogen) atoms. The monoisotopic (exact) mass is 461 g/mol. The van der Waals surface area contributed by atoms with Gasteiger partial charge in [0.15, 0.2) is 0 Å². The van der Waals surface area contributed by atoms with Crippen LogP contribution in [-0.2, 0) is 6.42 Å². The minimum absolute atomic E-state index is 0.360. The fourth-order valence-corrected chi connectivity index (χ4v) is 5.93. The number of halogens is 1. The van der Waals surface area contributed by atoms with Crippen molar-refractivity contribution in [2.24, 2.45) is 0 Å². The molecule has 2 aromatic heterocycles. The zero-order valence-electron chi connectivity index (χ0n) is 14.6. The molecule has 0 bridgehead atoms. The van der Waals surface area contributed by atoms with Gasteiger partial charge in [-0.1, -0.05) is 48.6 Å². The number of benzene rings is 2. The highest BCUT2D eigenvalue weighted by Crippen LogP contribution is 2.53. The maximum absolute atomic E-state index is 6.48. The quantitative estimate of drug-likeness (QED) is 0.257. The topological polar surface area (TPSA) is 18.1 Å². The van der Waals surface area contributed by atoms with Gasteiger partial charge >= 0.3 is 0 Å². The zero-order valence-corrected chi connectivity index (χ0v) is 16.7. The third-order valence-electron chi connectivity index (χ3n) is 6.41. The third kappa shape index (κ3) is 1.72. The molecule has 0 spiro atoms. The van der Waals surface area contributed by atoms with Crippen LogP contribution in [0, 0.1) is 0 Å². The summed E-state index contributed by atoms with van der Waals surface area (Å²) in [5.74, 6) is 1.56. The van der Waals surface area contributed by atoms with Gasteiger partial charge in [-0.2, -0.15) is 0 Å². The van der Waals surface area contributed by atoms with Crippen LogP contribution in [0.1, 0.15) is 35.3 Å². The lowest BCUT2D eigenvalue weighted by Gasteiger charge is -2.21. The lowest BCUT2D eigenvalue weighted by Crippen LogP contribution is -2.09. The minimum atomic E-state index is 0.360. The number of para-hydroxylation sites is 1. The van der Waals surface area contributed by atoms with Crippen LogP contribution >= 0.6 is 22.6 Å². The number of aromatic nitrogens is 1. The van der Waals surface area contributed by atoms with Gasteiger partial charge < -0.3 is 8.98 Å². The van der Waals surface area contributed by atoms with Gasteiger partial charge in [0.05, 0.1) is 16.9 Å². The molecule has 3 aliphatic rings. The van der Waals surface area contributed by atoms with Crippen LogP contribution in [0.2, 0.25) is 0 Å². The number of nitrogens with zero attached hydrogens (tertiary/aromatic N) is 1. The van der Waals surface area contributed by atoms with E-state index in [2.05, 4.69) is 87.9 Å². The molecule has 0 radical (unpaired) electrons. The molecule has 1 aliphatic heterocycles. The number of rotatable bonds is 0. The smallest absolute Gasteiger partial charge is 0.144 e. The predicted molar refractivity (Wildman–Crippen MR) is 120 cm³/mol. The van der Waals surface area contributed by atoms with Gasteiger partial charge in [0.1, 0.15) is 11.3 Å². The highest BCUT2D eigenvalue weighted by atomic mass is 127. The van der Waals surface area contributed by atoms with Crippen molar-refractivity contribution < 1.29 is 4.42 Å². The molecule has 2 aliphatic carbocycles. The molecule has 4 aromatic rings. The van der Waals surface area contributed by atoms with Crippen molar-refractivity contribution in [2.45, 2.75) is 24.8 Å². The second-order valence-corrected chi connectivity index (χ2v) is 9.01. The van der Waals surface area contributed by atoms with Crippen LogP contribution < -0.4 is 0 Å². The van der Waals surface area contributed by atoms with E-state index in [-0.39, 0.29) is 0 Å². The molecule has 2 atom stereocenters. The summed E-state index contributed by atoms with van der Waals surface area (Å²) in [6, 6.07) is 11.6. The number of hydrogen-bond donors (Lipinski definition) is 0. The van der Waals surface area contributed by atoms with Crippen LogP contribution in [0.5, 0.6) is 0 Å². The average Bonchev–Trinajstić information content (AvgIpc) is 3.33. The van der Waals surface area contributed by atoms with Crippen molar-refractivity contribution in [3.8, 4) is 0 Å². The Morgan fingerprint density at radius 2 is 2.04 bits per heavy atom. The second-order valence-electron chi connectivity index (χ2n) is 7.76. The molecule has 3 heterocycles. The summed E-state index contributed by atoms with van der Waals surface area (Å²) in [5.41, 5.74) is 6.48. The first-order valence-electron chi connectivity index (χ1n) is 9.54. The second kappa shape index (κ2) is 4.96. The van der Waals surface area contributed by atoms with Gasteiger partial charge in [0, 0.05) is 37.8 Å². The summed E-state index contributed by atoms with van der Waals surface area (Å²) in [7, 11) is 0. The Balaban J connectivity index is 1.74. The fraction of sp³-hybridized carbons (Fsp3) is 0.167. The molecular formula is C24H16INO. The van der Waals surface area contributed by atoms with Gasteiger partial charge in [0.25, 0.3) is 0 Å². The molecule has 0 amide bonds. The summed E-state index contributed by atoms with van der Waals surface area (Å²) in [6.07, 6.45) is 13.7. The maximum atomic E-state index is 6.48.